The molecular formula is C10H9N3S. The highest BCUT2D eigenvalue weighted by atomic mass is 32.2. The van der Waals surface area contributed by atoms with Crippen molar-refractivity contribution in [1.29, 1.82) is 5.26 Å². The van der Waals surface area contributed by atoms with Crippen LogP contribution in [0.2, 0.25) is 0 Å². The van der Waals surface area contributed by atoms with Gasteiger partial charge in [-0.1, -0.05) is 0 Å². The lowest BCUT2D eigenvalue weighted by Gasteiger charge is -2.02. The van der Waals surface area contributed by atoms with Gasteiger partial charge in [0.25, 0.3) is 0 Å². The fraction of sp³-hybridized carbons (Fsp3) is 0.200. The van der Waals surface area contributed by atoms with E-state index >= 15 is 0 Å². The molecule has 1 aromatic carbocycles. The Balaban J connectivity index is 2.61. The molecule has 0 aliphatic heterocycles. The Bertz CT molecular complexity index is 496. The molecule has 2 rings (SSSR count). The first-order valence-electron chi connectivity index (χ1n) is 4.22. The third-order valence-corrected chi connectivity index (χ3v) is 2.91. The number of aromatic amines is 1. The van der Waals surface area contributed by atoms with Crippen LogP contribution in [0.25, 0.3) is 11.0 Å². The number of benzene rings is 1. The van der Waals surface area contributed by atoms with Crippen LogP contribution >= 0.6 is 11.8 Å². The summed E-state index contributed by atoms with van der Waals surface area (Å²) in [5, 5.41) is 8.68. The van der Waals surface area contributed by atoms with Gasteiger partial charge in [0.05, 0.1) is 29.9 Å². The Kier molecular flexibility index (Phi) is 2.42. The summed E-state index contributed by atoms with van der Waals surface area (Å²) in [7, 11) is 0. The molecule has 0 saturated carbocycles. The summed E-state index contributed by atoms with van der Waals surface area (Å²) < 4.78 is 0. The van der Waals surface area contributed by atoms with Gasteiger partial charge in [0.15, 0.2) is 0 Å². The molecular weight excluding hydrogens is 194 g/mol. The number of hydrogen-bond donors (Lipinski definition) is 1. The number of thioether (sulfide) groups is 1. The van der Waals surface area contributed by atoms with Gasteiger partial charge in [-0.25, -0.2) is 4.98 Å². The van der Waals surface area contributed by atoms with Gasteiger partial charge in [-0.05, 0) is 24.0 Å². The minimum Gasteiger partial charge on any atom is -0.345 e. The van der Waals surface area contributed by atoms with Gasteiger partial charge >= 0.3 is 0 Å². The number of imidazole rings is 1. The molecule has 0 atom stereocenters. The predicted octanol–water partition coefficient (Wildman–Crippen LogP) is 2.35. The second kappa shape index (κ2) is 3.72. The second-order valence-corrected chi connectivity index (χ2v) is 3.77. The number of nitrogens with zero attached hydrogens (tertiary/aromatic N) is 2. The van der Waals surface area contributed by atoms with E-state index in [9.17, 15) is 0 Å². The number of nitriles is 1. The Morgan fingerprint density at radius 3 is 3.14 bits per heavy atom. The Morgan fingerprint density at radius 1 is 1.57 bits per heavy atom. The number of hydrogen-bond acceptors (Lipinski definition) is 3. The van der Waals surface area contributed by atoms with E-state index in [1.54, 1.807) is 18.1 Å². The monoisotopic (exact) mass is 203 g/mol. The molecule has 0 saturated heterocycles. The fourth-order valence-electron chi connectivity index (χ4n) is 1.42. The first kappa shape index (κ1) is 9.10. The number of aromatic nitrogens is 2. The molecule has 70 valence electrons. The van der Waals surface area contributed by atoms with Crippen molar-refractivity contribution in [3.8, 4) is 6.07 Å². The summed E-state index contributed by atoms with van der Waals surface area (Å²) in [6, 6.07) is 6.18. The van der Waals surface area contributed by atoms with Crippen molar-refractivity contribution in [2.24, 2.45) is 0 Å². The quantitative estimate of drug-likeness (QED) is 0.762. The Labute approximate surface area is 86.2 Å². The van der Waals surface area contributed by atoms with E-state index in [0.29, 0.717) is 6.42 Å². The van der Waals surface area contributed by atoms with Crippen molar-refractivity contribution in [3.63, 3.8) is 0 Å². The van der Waals surface area contributed by atoms with Crippen LogP contribution in [0.3, 0.4) is 0 Å². The van der Waals surface area contributed by atoms with Gasteiger partial charge in [0.1, 0.15) is 0 Å². The first-order valence-corrected chi connectivity index (χ1v) is 5.44. The minimum absolute atomic E-state index is 0.450. The summed E-state index contributed by atoms with van der Waals surface area (Å²) in [5.41, 5.74) is 3.01. The van der Waals surface area contributed by atoms with Crippen LogP contribution in [0.5, 0.6) is 0 Å². The maximum Gasteiger partial charge on any atom is 0.0931 e. The van der Waals surface area contributed by atoms with Crippen molar-refractivity contribution in [2.75, 3.05) is 6.26 Å². The summed E-state index contributed by atoms with van der Waals surface area (Å²) in [6.45, 7) is 0. The average molecular weight is 203 g/mol. The number of H-pyrrole nitrogens is 1. The lowest BCUT2D eigenvalue weighted by Crippen LogP contribution is -1.86. The van der Waals surface area contributed by atoms with Crippen molar-refractivity contribution in [2.45, 2.75) is 11.3 Å². The minimum atomic E-state index is 0.450. The number of nitrogens with one attached hydrogen (secondary N) is 1. The zero-order chi connectivity index (χ0) is 9.97. The van der Waals surface area contributed by atoms with E-state index in [-0.39, 0.29) is 0 Å². The van der Waals surface area contributed by atoms with E-state index in [4.69, 9.17) is 5.26 Å². The molecule has 14 heavy (non-hydrogen) atoms. The zero-order valence-electron chi connectivity index (χ0n) is 7.74. The molecule has 0 radical (unpaired) electrons. The van der Waals surface area contributed by atoms with Crippen molar-refractivity contribution in [1.82, 2.24) is 9.97 Å². The second-order valence-electron chi connectivity index (χ2n) is 2.92. The molecule has 0 fully saturated rings. The molecule has 0 bridgehead atoms. The van der Waals surface area contributed by atoms with Gasteiger partial charge in [-0.15, -0.1) is 11.8 Å². The van der Waals surface area contributed by atoms with Crippen molar-refractivity contribution >= 4 is 22.8 Å². The lowest BCUT2D eigenvalue weighted by molar-refractivity contribution is 1.19. The van der Waals surface area contributed by atoms with E-state index < -0.39 is 0 Å². The lowest BCUT2D eigenvalue weighted by atomic mass is 10.1. The van der Waals surface area contributed by atoms with Crippen LogP contribution in [0.4, 0.5) is 0 Å². The molecule has 3 nitrogen and oxygen atoms in total. The molecule has 1 aromatic heterocycles. The summed E-state index contributed by atoms with van der Waals surface area (Å²) in [4.78, 5) is 8.35. The van der Waals surface area contributed by atoms with Crippen LogP contribution in [-0.2, 0) is 6.42 Å². The Morgan fingerprint density at radius 2 is 2.43 bits per heavy atom. The molecule has 0 spiro atoms. The molecule has 1 N–H and O–H groups in total. The highest BCUT2D eigenvalue weighted by molar-refractivity contribution is 7.98. The first-order chi connectivity index (χ1) is 6.85. The topological polar surface area (TPSA) is 52.5 Å². The molecule has 0 unspecified atom stereocenters. The normalized spacial score (nSPS) is 10.3. The maximum atomic E-state index is 8.68. The van der Waals surface area contributed by atoms with Crippen LogP contribution in [-0.4, -0.2) is 16.2 Å². The van der Waals surface area contributed by atoms with Crippen LogP contribution in [0.15, 0.2) is 23.4 Å². The highest BCUT2D eigenvalue weighted by Crippen LogP contribution is 2.25. The summed E-state index contributed by atoms with van der Waals surface area (Å²) in [6.07, 6.45) is 4.13. The van der Waals surface area contributed by atoms with E-state index in [1.807, 2.05) is 18.4 Å². The van der Waals surface area contributed by atoms with E-state index in [2.05, 4.69) is 16.0 Å². The number of rotatable bonds is 2. The summed E-state index contributed by atoms with van der Waals surface area (Å²) in [5.74, 6) is 0. The van der Waals surface area contributed by atoms with Gasteiger partial charge in [-0.2, -0.15) is 5.26 Å². The standard InChI is InChI=1S/C10H9N3S/c1-14-10-5-9-8(12-6-13-9)4-7(10)2-3-11/h4-6H,2H2,1H3,(H,12,13). The summed E-state index contributed by atoms with van der Waals surface area (Å²) >= 11 is 1.65. The van der Waals surface area contributed by atoms with E-state index in [0.717, 1.165) is 21.5 Å². The molecule has 0 amide bonds. The third-order valence-electron chi connectivity index (χ3n) is 2.09. The Hall–Kier alpha value is -1.47. The predicted molar refractivity (Wildman–Crippen MR) is 57.2 cm³/mol. The van der Waals surface area contributed by atoms with Crippen molar-refractivity contribution < 1.29 is 0 Å². The molecule has 2 aromatic rings. The maximum absolute atomic E-state index is 8.68. The van der Waals surface area contributed by atoms with Crippen LogP contribution in [0.1, 0.15) is 5.56 Å². The largest absolute Gasteiger partial charge is 0.345 e. The van der Waals surface area contributed by atoms with Crippen LogP contribution < -0.4 is 0 Å². The zero-order valence-corrected chi connectivity index (χ0v) is 8.56. The van der Waals surface area contributed by atoms with Crippen LogP contribution in [0, 0.1) is 11.3 Å². The number of fused-ring (bicyclic) bond motifs is 1. The average Bonchev–Trinajstić information content (AvgIpc) is 2.64. The highest BCUT2D eigenvalue weighted by Gasteiger charge is 2.05. The fourth-order valence-corrected chi connectivity index (χ4v) is 2.04. The molecule has 0 aliphatic rings. The van der Waals surface area contributed by atoms with E-state index in [1.165, 1.54) is 0 Å². The van der Waals surface area contributed by atoms with Gasteiger partial charge in [0.2, 0.25) is 0 Å². The van der Waals surface area contributed by atoms with Gasteiger partial charge in [-0.3, -0.25) is 0 Å². The van der Waals surface area contributed by atoms with Gasteiger partial charge < -0.3 is 4.98 Å². The smallest absolute Gasteiger partial charge is 0.0931 e. The molecule has 0 aliphatic carbocycles. The SMILES string of the molecule is CSc1cc2nc[nH]c2cc1CC#N. The third kappa shape index (κ3) is 1.47. The molecule has 4 heteroatoms. The molecule has 1 heterocycles. The van der Waals surface area contributed by atoms with Gasteiger partial charge in [0, 0.05) is 4.90 Å². The van der Waals surface area contributed by atoms with Crippen molar-refractivity contribution in [3.05, 3.63) is 24.0 Å².